The maximum Gasteiger partial charge on any atom is 0.317 e. The number of methoxy groups -OCH3 is 1. The van der Waals surface area contributed by atoms with Crippen LogP contribution in [0.25, 0.3) is 22.2 Å². The molecule has 1 saturated carbocycles. The van der Waals surface area contributed by atoms with E-state index in [9.17, 15) is 22.8 Å². The molecule has 3 aliphatic rings. The minimum atomic E-state index is -3.99. The SMILES string of the molecule is COc1ccc2c(c1)CC(NC(=O)N1CCC(C(N)=O)C1)Cn1c-2c(C2CCCCC2)c2ccc(C(=O)NS(=O)(=O)N(C)C)cc21. The molecule has 1 saturated heterocycles. The highest BCUT2D eigenvalue weighted by Crippen LogP contribution is 2.46. The Morgan fingerprint density at radius 1 is 1.00 bits per heavy atom. The molecule has 4 amide bonds. The predicted molar refractivity (Wildman–Crippen MR) is 175 cm³/mol. The Morgan fingerprint density at radius 2 is 1.76 bits per heavy atom. The van der Waals surface area contributed by atoms with Crippen molar-refractivity contribution in [1.82, 2.24) is 23.8 Å². The molecule has 3 aromatic rings. The fourth-order valence-electron chi connectivity index (χ4n) is 7.26. The van der Waals surface area contributed by atoms with Gasteiger partial charge in [0.25, 0.3) is 5.91 Å². The minimum absolute atomic E-state index is 0.225. The third kappa shape index (κ3) is 6.05. The number of carbonyl (C=O) groups is 3. The number of benzene rings is 2. The maximum atomic E-state index is 13.5. The number of fused-ring (bicyclic) bond motifs is 5. The lowest BCUT2D eigenvalue weighted by atomic mass is 9.81. The predicted octanol–water partition coefficient (Wildman–Crippen LogP) is 3.34. The second-order valence-corrected chi connectivity index (χ2v) is 14.8. The van der Waals surface area contributed by atoms with Crippen LogP contribution < -0.4 is 20.5 Å². The summed E-state index contributed by atoms with van der Waals surface area (Å²) >= 11 is 0. The number of carbonyl (C=O) groups excluding carboxylic acids is 3. The highest BCUT2D eigenvalue weighted by molar-refractivity contribution is 7.87. The van der Waals surface area contributed by atoms with Gasteiger partial charge in [-0.2, -0.15) is 12.7 Å². The van der Waals surface area contributed by atoms with Crippen LogP contribution in [0.1, 0.15) is 65.9 Å². The van der Waals surface area contributed by atoms with Gasteiger partial charge in [-0.15, -0.1) is 0 Å². The van der Waals surface area contributed by atoms with Gasteiger partial charge in [-0.1, -0.05) is 25.3 Å². The van der Waals surface area contributed by atoms with Crippen molar-refractivity contribution in [3.63, 3.8) is 0 Å². The molecule has 6 rings (SSSR count). The van der Waals surface area contributed by atoms with E-state index in [-0.39, 0.29) is 30.1 Å². The van der Waals surface area contributed by atoms with Gasteiger partial charge < -0.3 is 25.3 Å². The van der Waals surface area contributed by atoms with Gasteiger partial charge in [-0.25, -0.2) is 9.52 Å². The Labute approximate surface area is 269 Å². The van der Waals surface area contributed by atoms with Crippen LogP contribution in [0.5, 0.6) is 5.75 Å². The smallest absolute Gasteiger partial charge is 0.317 e. The summed E-state index contributed by atoms with van der Waals surface area (Å²) in [5.41, 5.74) is 10.9. The third-order valence-corrected chi connectivity index (χ3v) is 11.1. The van der Waals surface area contributed by atoms with Crippen molar-refractivity contribution in [3.05, 3.63) is 53.1 Å². The van der Waals surface area contributed by atoms with Crippen molar-refractivity contribution in [2.45, 2.75) is 63.5 Å². The monoisotopic (exact) mass is 650 g/mol. The molecular formula is C33H42N6O6S. The number of ether oxygens (including phenoxy) is 1. The molecule has 2 unspecified atom stereocenters. The second kappa shape index (κ2) is 12.6. The molecule has 1 aromatic heterocycles. The molecule has 0 radical (unpaired) electrons. The fraction of sp³-hybridized carbons (Fsp3) is 0.485. The number of hydrogen-bond donors (Lipinski definition) is 3. The van der Waals surface area contributed by atoms with Crippen LogP contribution in [-0.4, -0.2) is 80.4 Å². The first-order valence-electron chi connectivity index (χ1n) is 15.9. The van der Waals surface area contributed by atoms with Gasteiger partial charge in [0, 0.05) is 55.8 Å². The second-order valence-electron chi connectivity index (χ2n) is 12.9. The molecule has 2 aliphatic heterocycles. The van der Waals surface area contributed by atoms with E-state index in [0.29, 0.717) is 31.8 Å². The lowest BCUT2D eigenvalue weighted by Crippen LogP contribution is -2.46. The first-order valence-corrected chi connectivity index (χ1v) is 17.3. The molecule has 13 heteroatoms. The topological polar surface area (TPSA) is 156 Å². The van der Waals surface area contributed by atoms with Crippen LogP contribution in [-0.2, 0) is 28.0 Å². The van der Waals surface area contributed by atoms with Crippen LogP contribution in [0, 0.1) is 5.92 Å². The zero-order valence-corrected chi connectivity index (χ0v) is 27.4. The fourth-order valence-corrected chi connectivity index (χ4v) is 7.79. The number of amides is 4. The quantitative estimate of drug-likeness (QED) is 0.356. The number of nitrogens with two attached hydrogens (primary N) is 1. The van der Waals surface area contributed by atoms with E-state index in [1.165, 1.54) is 26.1 Å². The largest absolute Gasteiger partial charge is 0.497 e. The minimum Gasteiger partial charge on any atom is -0.497 e. The number of rotatable bonds is 7. The van der Waals surface area contributed by atoms with Gasteiger partial charge in [-0.05, 0) is 73.1 Å². The summed E-state index contributed by atoms with van der Waals surface area (Å²) in [5.74, 6) is -0.436. The molecule has 2 fully saturated rings. The Bertz CT molecular complexity index is 1800. The van der Waals surface area contributed by atoms with E-state index in [2.05, 4.69) is 20.7 Å². The summed E-state index contributed by atoms with van der Waals surface area (Å²) in [5, 5.41) is 4.24. The summed E-state index contributed by atoms with van der Waals surface area (Å²) in [6.45, 7) is 1.17. The number of nitrogens with one attached hydrogen (secondary N) is 2. The zero-order chi connectivity index (χ0) is 32.7. The zero-order valence-electron chi connectivity index (χ0n) is 26.5. The standard InChI is InChI=1S/C33H42N6O6S/c1-37(2)46(43,44)36-32(41)21-9-11-27-28(17-21)39-19-24(35-33(42)38-14-13-22(18-38)31(34)40)15-23-16-25(45-3)10-12-26(23)30(39)29(27)20-7-5-4-6-8-20/h9-12,16-17,20,22,24H,4-8,13-15,18-19H2,1-3H3,(H2,34,40)(H,35,42)(H,36,41). The van der Waals surface area contributed by atoms with Crippen LogP contribution >= 0.6 is 0 Å². The average Bonchev–Trinajstić information content (AvgIpc) is 3.61. The number of aromatic nitrogens is 1. The number of hydrogen-bond acceptors (Lipinski definition) is 6. The van der Waals surface area contributed by atoms with Crippen molar-refractivity contribution in [3.8, 4) is 17.0 Å². The van der Waals surface area contributed by atoms with Crippen LogP contribution in [0.15, 0.2) is 36.4 Å². The lowest BCUT2D eigenvalue weighted by molar-refractivity contribution is -0.121. The summed E-state index contributed by atoms with van der Waals surface area (Å²) in [6, 6.07) is 10.9. The Morgan fingerprint density at radius 3 is 2.43 bits per heavy atom. The molecule has 2 aromatic carbocycles. The summed E-state index contributed by atoms with van der Waals surface area (Å²) in [6.07, 6.45) is 6.66. The molecule has 0 spiro atoms. The number of primary amides is 1. The number of likely N-dealkylation sites (tertiary alicyclic amines) is 1. The van der Waals surface area contributed by atoms with E-state index in [1.54, 1.807) is 24.1 Å². The van der Waals surface area contributed by atoms with Crippen LogP contribution in [0.3, 0.4) is 0 Å². The molecule has 2 atom stereocenters. The normalized spacial score (nSPS) is 20.2. The summed E-state index contributed by atoms with van der Waals surface area (Å²) < 4.78 is 35.8. The summed E-state index contributed by atoms with van der Waals surface area (Å²) in [7, 11) is 0.367. The van der Waals surface area contributed by atoms with Gasteiger partial charge in [-0.3, -0.25) is 9.59 Å². The Hall–Kier alpha value is -4.10. The molecule has 46 heavy (non-hydrogen) atoms. The van der Waals surface area contributed by atoms with Crippen LogP contribution in [0.2, 0.25) is 0 Å². The average molecular weight is 651 g/mol. The molecular weight excluding hydrogens is 608 g/mol. The van der Waals surface area contributed by atoms with E-state index in [0.717, 1.165) is 63.5 Å². The highest BCUT2D eigenvalue weighted by Gasteiger charge is 2.34. The number of nitrogens with zero attached hydrogens (tertiary/aromatic N) is 3. The number of urea groups is 1. The van der Waals surface area contributed by atoms with Crippen molar-refractivity contribution >= 4 is 39.0 Å². The van der Waals surface area contributed by atoms with E-state index < -0.39 is 22.0 Å². The van der Waals surface area contributed by atoms with Gasteiger partial charge in [0.2, 0.25) is 5.91 Å². The van der Waals surface area contributed by atoms with Gasteiger partial charge >= 0.3 is 16.2 Å². The van der Waals surface area contributed by atoms with E-state index in [1.807, 2.05) is 18.2 Å². The maximum absolute atomic E-state index is 13.5. The van der Waals surface area contributed by atoms with Crippen LogP contribution in [0.4, 0.5) is 4.79 Å². The first kappa shape index (κ1) is 31.9. The molecule has 4 N–H and O–H groups in total. The van der Waals surface area contributed by atoms with E-state index in [4.69, 9.17) is 10.5 Å². The third-order valence-electron chi connectivity index (χ3n) is 9.72. The van der Waals surface area contributed by atoms with Crippen molar-refractivity contribution in [2.24, 2.45) is 11.7 Å². The molecule has 0 bridgehead atoms. The Kier molecular flexibility index (Phi) is 8.73. The molecule has 3 heterocycles. The highest BCUT2D eigenvalue weighted by atomic mass is 32.2. The summed E-state index contributed by atoms with van der Waals surface area (Å²) in [4.78, 5) is 40.1. The Balaban J connectivity index is 1.47. The van der Waals surface area contributed by atoms with Crippen molar-refractivity contribution in [1.29, 1.82) is 0 Å². The van der Waals surface area contributed by atoms with Gasteiger partial charge in [0.05, 0.1) is 24.8 Å². The molecule has 12 nitrogen and oxygen atoms in total. The van der Waals surface area contributed by atoms with Gasteiger partial charge in [0.1, 0.15) is 5.75 Å². The van der Waals surface area contributed by atoms with Gasteiger partial charge in [0.15, 0.2) is 0 Å². The van der Waals surface area contributed by atoms with Crippen molar-refractivity contribution < 1.29 is 27.5 Å². The van der Waals surface area contributed by atoms with Crippen molar-refractivity contribution in [2.75, 3.05) is 34.3 Å². The van der Waals surface area contributed by atoms with E-state index >= 15 is 0 Å². The lowest BCUT2D eigenvalue weighted by Gasteiger charge is -2.24. The molecule has 1 aliphatic carbocycles. The first-order chi connectivity index (χ1) is 22.0. The molecule has 246 valence electrons.